The molecule has 1 aromatic heterocycles. The summed E-state index contributed by atoms with van der Waals surface area (Å²) in [7, 11) is 0.762. The van der Waals surface area contributed by atoms with Crippen LogP contribution in [0.5, 0.6) is 0 Å². The maximum Gasteiger partial charge on any atom is 0.317 e. The molecule has 1 N–H and O–H groups in total. The van der Waals surface area contributed by atoms with Crippen LogP contribution in [0.2, 0.25) is 0 Å². The lowest BCUT2D eigenvalue weighted by molar-refractivity contribution is 0.203. The first-order valence-electron chi connectivity index (χ1n) is 7.79. The summed E-state index contributed by atoms with van der Waals surface area (Å²) in [6.45, 7) is 6.21. The molecule has 6 heteroatoms. The first-order valence-corrected chi connectivity index (χ1v) is 9.34. The minimum Gasteiger partial charge on any atom is -0.466 e. The van der Waals surface area contributed by atoms with Crippen LogP contribution in [0, 0.1) is 13.8 Å². The zero-order valence-corrected chi connectivity index (χ0v) is 15.6. The van der Waals surface area contributed by atoms with Crippen LogP contribution in [-0.2, 0) is 17.3 Å². The predicted molar refractivity (Wildman–Crippen MR) is 95.4 cm³/mol. The van der Waals surface area contributed by atoms with Gasteiger partial charge in [0.1, 0.15) is 11.5 Å². The van der Waals surface area contributed by atoms with E-state index in [0.717, 1.165) is 27.5 Å². The number of benzene rings is 1. The van der Waals surface area contributed by atoms with Gasteiger partial charge in [0.2, 0.25) is 0 Å². The first-order chi connectivity index (χ1) is 11.3. The second-order valence-electron chi connectivity index (χ2n) is 5.99. The van der Waals surface area contributed by atoms with Crippen LogP contribution in [0.4, 0.5) is 4.79 Å². The Balaban J connectivity index is 1.96. The highest BCUT2D eigenvalue weighted by atomic mass is 32.2. The molecule has 2 aromatic rings. The molecule has 24 heavy (non-hydrogen) atoms. The first kappa shape index (κ1) is 18.3. The molecule has 1 heterocycles. The summed E-state index contributed by atoms with van der Waals surface area (Å²) in [5.41, 5.74) is 1.98. The second kappa shape index (κ2) is 7.66. The molecule has 0 aliphatic carbocycles. The maximum absolute atomic E-state index is 12.4. The van der Waals surface area contributed by atoms with Gasteiger partial charge in [0, 0.05) is 41.1 Å². The number of carbonyl (C=O) groups excluding carboxylic acids is 1. The van der Waals surface area contributed by atoms with Crippen molar-refractivity contribution in [3.8, 4) is 0 Å². The van der Waals surface area contributed by atoms with Crippen LogP contribution >= 0.6 is 0 Å². The van der Waals surface area contributed by atoms with Gasteiger partial charge in [0.15, 0.2) is 0 Å². The van der Waals surface area contributed by atoms with E-state index in [4.69, 9.17) is 4.42 Å². The lowest BCUT2D eigenvalue weighted by atomic mass is 10.1. The topological polar surface area (TPSA) is 62.6 Å². The fraction of sp³-hybridized carbons (Fsp3) is 0.389. The Labute approximate surface area is 145 Å². The zero-order chi connectivity index (χ0) is 17.9. The van der Waals surface area contributed by atoms with Gasteiger partial charge >= 0.3 is 6.03 Å². The summed E-state index contributed by atoms with van der Waals surface area (Å²) in [6.07, 6.45) is 1.65. The van der Waals surface area contributed by atoms with Gasteiger partial charge in [-0.3, -0.25) is 4.21 Å². The minimum absolute atomic E-state index is 0.123. The number of aryl methyl sites for hydroxylation is 2. The number of hydrogen-bond acceptors (Lipinski definition) is 3. The molecule has 0 spiro atoms. The van der Waals surface area contributed by atoms with E-state index in [0.29, 0.717) is 6.54 Å². The van der Waals surface area contributed by atoms with Crippen LogP contribution in [0.15, 0.2) is 39.6 Å². The molecule has 0 aliphatic rings. The molecular weight excluding hydrogens is 324 g/mol. The van der Waals surface area contributed by atoms with Crippen molar-refractivity contribution in [1.29, 1.82) is 0 Å². The Kier molecular flexibility index (Phi) is 5.83. The van der Waals surface area contributed by atoms with Crippen LogP contribution in [0.3, 0.4) is 0 Å². The lowest BCUT2D eigenvalue weighted by Gasteiger charge is -2.21. The highest BCUT2D eigenvalue weighted by molar-refractivity contribution is 7.84. The molecule has 0 radical (unpaired) electrons. The Morgan fingerprint density at radius 3 is 2.42 bits per heavy atom. The van der Waals surface area contributed by atoms with Crippen molar-refractivity contribution in [3.63, 3.8) is 0 Å². The van der Waals surface area contributed by atoms with Gasteiger partial charge in [-0.1, -0.05) is 12.1 Å². The Hall–Kier alpha value is -2.08. The van der Waals surface area contributed by atoms with E-state index >= 15 is 0 Å². The number of nitrogens with zero attached hydrogens (tertiary/aromatic N) is 1. The number of amides is 2. The summed E-state index contributed by atoms with van der Waals surface area (Å²) in [5.74, 6) is 1.66. The fourth-order valence-corrected chi connectivity index (χ4v) is 3.11. The van der Waals surface area contributed by atoms with Crippen LogP contribution in [0.25, 0.3) is 0 Å². The van der Waals surface area contributed by atoms with E-state index in [-0.39, 0.29) is 12.1 Å². The molecule has 5 nitrogen and oxygen atoms in total. The average molecular weight is 348 g/mol. The number of urea groups is 1. The molecule has 2 atom stereocenters. The minimum atomic E-state index is -0.990. The number of hydrogen-bond donors (Lipinski definition) is 1. The molecule has 0 saturated carbocycles. The summed E-state index contributed by atoms with van der Waals surface area (Å²) in [5, 5.41) is 2.98. The molecule has 0 aliphatic heterocycles. The van der Waals surface area contributed by atoms with Crippen molar-refractivity contribution in [2.75, 3.05) is 13.3 Å². The summed E-state index contributed by atoms with van der Waals surface area (Å²) < 4.78 is 16.9. The Morgan fingerprint density at radius 1 is 1.29 bits per heavy atom. The normalized spacial score (nSPS) is 13.4. The zero-order valence-electron chi connectivity index (χ0n) is 14.8. The lowest BCUT2D eigenvalue weighted by Crippen LogP contribution is -2.38. The summed E-state index contributed by atoms with van der Waals surface area (Å²) in [4.78, 5) is 14.8. The molecule has 2 amide bonds. The van der Waals surface area contributed by atoms with E-state index in [1.54, 1.807) is 18.2 Å². The van der Waals surface area contributed by atoms with E-state index in [9.17, 15) is 9.00 Å². The molecule has 2 rings (SSSR count). The second-order valence-corrected chi connectivity index (χ2v) is 7.37. The molecule has 1 aromatic carbocycles. The van der Waals surface area contributed by atoms with Gasteiger partial charge in [-0.05, 0) is 44.5 Å². The summed E-state index contributed by atoms with van der Waals surface area (Å²) in [6, 6.07) is 9.13. The van der Waals surface area contributed by atoms with Crippen molar-refractivity contribution < 1.29 is 13.4 Å². The average Bonchev–Trinajstić information content (AvgIpc) is 2.86. The van der Waals surface area contributed by atoms with Crippen molar-refractivity contribution in [1.82, 2.24) is 10.2 Å². The summed E-state index contributed by atoms with van der Waals surface area (Å²) >= 11 is 0. The molecule has 130 valence electrons. The van der Waals surface area contributed by atoms with Crippen LogP contribution < -0.4 is 5.32 Å². The van der Waals surface area contributed by atoms with Crippen molar-refractivity contribution in [2.24, 2.45) is 0 Å². The van der Waals surface area contributed by atoms with Gasteiger partial charge < -0.3 is 14.6 Å². The van der Waals surface area contributed by atoms with E-state index in [2.05, 4.69) is 5.32 Å². The third kappa shape index (κ3) is 4.47. The van der Waals surface area contributed by atoms with E-state index in [1.807, 2.05) is 51.1 Å². The van der Waals surface area contributed by atoms with E-state index in [1.165, 1.54) is 0 Å². The third-order valence-electron chi connectivity index (χ3n) is 3.91. The third-order valence-corrected chi connectivity index (χ3v) is 4.84. The standard InChI is InChI=1S/C18H24N2O3S/c1-12-10-17(14(3)23-12)13(2)19-18(21)20(4)11-15-6-8-16(9-7-15)24(5)22/h6-10,13H,11H2,1-5H3,(H,19,21)/t13-,24+/m1/s1. The maximum atomic E-state index is 12.4. The van der Waals surface area contributed by atoms with Gasteiger partial charge in [-0.15, -0.1) is 0 Å². The van der Waals surface area contributed by atoms with Gasteiger partial charge in [-0.25, -0.2) is 4.79 Å². The van der Waals surface area contributed by atoms with Crippen LogP contribution in [0.1, 0.15) is 35.6 Å². The molecule has 0 bridgehead atoms. The Morgan fingerprint density at radius 2 is 1.92 bits per heavy atom. The molecule has 0 saturated heterocycles. The highest BCUT2D eigenvalue weighted by Crippen LogP contribution is 2.21. The number of nitrogens with one attached hydrogen (secondary N) is 1. The predicted octanol–water partition coefficient (Wildman–Crippen LogP) is 3.54. The Bertz CT molecular complexity index is 737. The fourth-order valence-electron chi connectivity index (χ4n) is 2.59. The van der Waals surface area contributed by atoms with E-state index < -0.39 is 10.8 Å². The molecular formula is C18H24N2O3S. The van der Waals surface area contributed by atoms with Gasteiger partial charge in [0.25, 0.3) is 0 Å². The van der Waals surface area contributed by atoms with Gasteiger partial charge in [0.05, 0.1) is 6.04 Å². The van der Waals surface area contributed by atoms with Crippen LogP contribution in [-0.4, -0.2) is 28.4 Å². The number of furan rings is 1. The monoisotopic (exact) mass is 348 g/mol. The molecule has 0 unspecified atom stereocenters. The molecule has 0 fully saturated rings. The van der Waals surface area contributed by atoms with Crippen molar-refractivity contribution in [3.05, 3.63) is 53.0 Å². The largest absolute Gasteiger partial charge is 0.466 e. The van der Waals surface area contributed by atoms with Crippen molar-refractivity contribution in [2.45, 2.75) is 38.3 Å². The number of rotatable bonds is 5. The smallest absolute Gasteiger partial charge is 0.317 e. The highest BCUT2D eigenvalue weighted by Gasteiger charge is 2.17. The number of carbonyl (C=O) groups is 1. The van der Waals surface area contributed by atoms with Crippen molar-refractivity contribution >= 4 is 16.8 Å². The SMILES string of the molecule is Cc1cc([C@@H](C)NC(=O)N(C)Cc2ccc([S@](C)=O)cc2)c(C)o1. The van der Waals surface area contributed by atoms with Gasteiger partial charge in [-0.2, -0.15) is 0 Å². The quantitative estimate of drug-likeness (QED) is 0.899.